The molecule has 0 atom stereocenters. The highest BCUT2D eigenvalue weighted by atomic mass is 79.9. The highest BCUT2D eigenvalue weighted by Crippen LogP contribution is 2.30. The smallest absolute Gasteiger partial charge is 0.273 e. The van der Waals surface area contributed by atoms with Gasteiger partial charge in [0.2, 0.25) is 5.69 Å². The number of hydrogen-bond acceptors (Lipinski definition) is 2. The number of thioether (sulfide) groups is 1. The van der Waals surface area contributed by atoms with Gasteiger partial charge in [-0.15, -0.1) is 0 Å². The molecule has 0 saturated heterocycles. The minimum Gasteiger partial charge on any atom is -1.00 e. The Morgan fingerprint density at radius 1 is 0.700 bits per heavy atom. The van der Waals surface area contributed by atoms with E-state index in [9.17, 15) is 0 Å². The first-order chi connectivity index (χ1) is 14.3. The Bertz CT molecular complexity index is 1190. The standard InChI is InChI=1S/C26H21N2S.BrH/c1-19-12-14-21(15-13-19)24-18-29-26-17-23(20-8-4-2-5-9-20)16-25(28(26)27-24)22-10-6-3-7-11-22;/h2-17H,18H2,1H3;1H/q+1;/p-1. The van der Waals surface area contributed by atoms with Crippen molar-refractivity contribution in [1.82, 2.24) is 0 Å². The van der Waals surface area contributed by atoms with E-state index in [0.717, 1.165) is 17.2 Å². The molecule has 2 heterocycles. The first kappa shape index (κ1) is 20.6. The second-order valence-electron chi connectivity index (χ2n) is 7.21. The van der Waals surface area contributed by atoms with Crippen molar-refractivity contribution in [3.05, 3.63) is 108 Å². The van der Waals surface area contributed by atoms with Gasteiger partial charge in [-0.3, -0.25) is 0 Å². The van der Waals surface area contributed by atoms with Crippen molar-refractivity contribution in [2.24, 2.45) is 5.10 Å². The van der Waals surface area contributed by atoms with Crippen molar-refractivity contribution in [1.29, 1.82) is 0 Å². The van der Waals surface area contributed by atoms with Crippen LogP contribution in [0.4, 0.5) is 0 Å². The van der Waals surface area contributed by atoms with Crippen LogP contribution in [0, 0.1) is 6.92 Å². The van der Waals surface area contributed by atoms with Gasteiger partial charge in [0.25, 0.3) is 5.03 Å². The molecular formula is C26H21BrN2S. The molecule has 0 N–H and O–H groups in total. The van der Waals surface area contributed by atoms with Crippen LogP contribution < -0.4 is 21.7 Å². The average Bonchev–Trinajstić information content (AvgIpc) is 2.80. The molecule has 5 rings (SSSR count). The zero-order valence-electron chi connectivity index (χ0n) is 16.6. The monoisotopic (exact) mass is 472 g/mol. The number of halogens is 1. The Balaban J connectivity index is 0.00000218. The topological polar surface area (TPSA) is 16.2 Å². The van der Waals surface area contributed by atoms with Crippen molar-refractivity contribution in [3.63, 3.8) is 0 Å². The fraction of sp³-hybridized carbons (Fsp3) is 0.0769. The van der Waals surface area contributed by atoms with Gasteiger partial charge in [0, 0.05) is 28.4 Å². The van der Waals surface area contributed by atoms with Gasteiger partial charge in [0.1, 0.15) is 5.71 Å². The van der Waals surface area contributed by atoms with E-state index in [4.69, 9.17) is 5.10 Å². The Kier molecular flexibility index (Phi) is 6.16. The lowest BCUT2D eigenvalue weighted by molar-refractivity contribution is -0.705. The lowest BCUT2D eigenvalue weighted by atomic mass is 10.0. The molecule has 2 nitrogen and oxygen atoms in total. The fourth-order valence-corrected chi connectivity index (χ4v) is 4.54. The van der Waals surface area contributed by atoms with Crippen molar-refractivity contribution in [2.45, 2.75) is 11.9 Å². The molecule has 0 saturated carbocycles. The summed E-state index contributed by atoms with van der Waals surface area (Å²) in [5.41, 5.74) is 8.28. The molecule has 4 heteroatoms. The summed E-state index contributed by atoms with van der Waals surface area (Å²) in [6.07, 6.45) is 0. The second kappa shape index (κ2) is 8.99. The fourth-order valence-electron chi connectivity index (χ4n) is 3.56. The molecule has 0 radical (unpaired) electrons. The third-order valence-corrected chi connectivity index (χ3v) is 6.15. The second-order valence-corrected chi connectivity index (χ2v) is 8.21. The maximum atomic E-state index is 5.07. The predicted octanol–water partition coefficient (Wildman–Crippen LogP) is 2.98. The lowest BCUT2D eigenvalue weighted by Crippen LogP contribution is -3.00. The highest BCUT2D eigenvalue weighted by molar-refractivity contribution is 7.99. The summed E-state index contributed by atoms with van der Waals surface area (Å²) < 4.78 is 2.10. The van der Waals surface area contributed by atoms with Gasteiger partial charge in [-0.25, -0.2) is 0 Å². The molecule has 0 amide bonds. The summed E-state index contributed by atoms with van der Waals surface area (Å²) in [5, 5.41) is 6.24. The van der Waals surface area contributed by atoms with Gasteiger partial charge in [0.05, 0.1) is 5.75 Å². The predicted molar refractivity (Wildman–Crippen MR) is 121 cm³/mol. The number of rotatable bonds is 3. The molecule has 30 heavy (non-hydrogen) atoms. The summed E-state index contributed by atoms with van der Waals surface area (Å²) in [6.45, 7) is 2.11. The number of aromatic nitrogens is 1. The number of pyridine rings is 1. The molecule has 0 spiro atoms. The van der Waals surface area contributed by atoms with E-state index < -0.39 is 0 Å². The quantitative estimate of drug-likeness (QED) is 0.418. The zero-order valence-corrected chi connectivity index (χ0v) is 19.0. The lowest BCUT2D eigenvalue weighted by Gasteiger charge is -2.13. The zero-order chi connectivity index (χ0) is 19.6. The van der Waals surface area contributed by atoms with Crippen molar-refractivity contribution >= 4 is 17.5 Å². The Morgan fingerprint density at radius 2 is 1.33 bits per heavy atom. The maximum Gasteiger partial charge on any atom is 0.273 e. The Labute approximate surface area is 192 Å². The van der Waals surface area contributed by atoms with E-state index in [0.29, 0.717) is 0 Å². The average molecular weight is 473 g/mol. The minimum absolute atomic E-state index is 0. The van der Waals surface area contributed by atoms with Crippen LogP contribution in [0.25, 0.3) is 22.4 Å². The van der Waals surface area contributed by atoms with E-state index >= 15 is 0 Å². The summed E-state index contributed by atoms with van der Waals surface area (Å²) >= 11 is 1.85. The molecular weight excluding hydrogens is 452 g/mol. The van der Waals surface area contributed by atoms with Crippen LogP contribution in [0.2, 0.25) is 0 Å². The van der Waals surface area contributed by atoms with E-state index in [1.165, 1.54) is 32.8 Å². The minimum atomic E-state index is 0. The van der Waals surface area contributed by atoms with Crippen molar-refractivity contribution in [3.8, 4) is 22.4 Å². The van der Waals surface area contributed by atoms with Crippen LogP contribution in [0.1, 0.15) is 11.1 Å². The normalized spacial score (nSPS) is 12.5. The number of aryl methyl sites for hydroxylation is 1. The molecule has 4 aromatic rings. The number of nitrogens with zero attached hydrogens (tertiary/aromatic N) is 2. The van der Waals surface area contributed by atoms with Crippen LogP contribution in [0.5, 0.6) is 0 Å². The van der Waals surface area contributed by atoms with Gasteiger partial charge in [0.15, 0.2) is 0 Å². The number of benzene rings is 3. The van der Waals surface area contributed by atoms with Crippen LogP contribution in [0.15, 0.2) is 107 Å². The molecule has 3 aromatic carbocycles. The van der Waals surface area contributed by atoms with Crippen LogP contribution in [0.3, 0.4) is 0 Å². The molecule has 0 fully saturated rings. The molecule has 1 aliphatic heterocycles. The summed E-state index contributed by atoms with van der Waals surface area (Å²) in [4.78, 5) is 0. The van der Waals surface area contributed by atoms with Crippen LogP contribution >= 0.6 is 11.8 Å². The summed E-state index contributed by atoms with van der Waals surface area (Å²) in [7, 11) is 0. The Morgan fingerprint density at radius 3 is 2.00 bits per heavy atom. The third kappa shape index (κ3) is 4.11. The molecule has 0 unspecified atom stereocenters. The van der Waals surface area contributed by atoms with E-state index in [1.54, 1.807) is 0 Å². The summed E-state index contributed by atoms with van der Waals surface area (Å²) in [6, 6.07) is 34.2. The van der Waals surface area contributed by atoms with Crippen LogP contribution in [-0.4, -0.2) is 11.5 Å². The molecule has 148 valence electrons. The van der Waals surface area contributed by atoms with Gasteiger partial charge in [-0.1, -0.05) is 78.4 Å². The van der Waals surface area contributed by atoms with Crippen molar-refractivity contribution < 1.29 is 21.7 Å². The first-order valence-corrected chi connectivity index (χ1v) is 10.8. The largest absolute Gasteiger partial charge is 1.00 e. The van der Waals surface area contributed by atoms with Gasteiger partial charge >= 0.3 is 0 Å². The van der Waals surface area contributed by atoms with Gasteiger partial charge in [-0.2, -0.15) is 0 Å². The summed E-state index contributed by atoms with van der Waals surface area (Å²) in [5.74, 6) is 0.871. The Hall–Kier alpha value is -2.69. The SMILES string of the molecule is Cc1ccc(C2=N[n+]3c(cc(-c4ccccc4)cc3-c3ccccc3)SC2)cc1.[Br-]. The van der Waals surface area contributed by atoms with Crippen molar-refractivity contribution in [2.75, 3.05) is 5.75 Å². The van der Waals surface area contributed by atoms with Gasteiger partial charge in [-0.05, 0) is 46.6 Å². The first-order valence-electron chi connectivity index (χ1n) is 9.76. The van der Waals surface area contributed by atoms with E-state index in [1.807, 2.05) is 11.8 Å². The van der Waals surface area contributed by atoms with E-state index in [-0.39, 0.29) is 17.0 Å². The number of hydrogen-bond donors (Lipinski definition) is 0. The highest BCUT2D eigenvalue weighted by Gasteiger charge is 2.27. The van der Waals surface area contributed by atoms with Gasteiger partial charge < -0.3 is 17.0 Å². The molecule has 1 aromatic heterocycles. The van der Waals surface area contributed by atoms with Crippen LogP contribution in [-0.2, 0) is 0 Å². The molecule has 0 bridgehead atoms. The molecule has 1 aliphatic rings. The number of fused-ring (bicyclic) bond motifs is 1. The third-order valence-electron chi connectivity index (χ3n) is 5.15. The molecule has 0 aliphatic carbocycles. The maximum absolute atomic E-state index is 5.07. The van der Waals surface area contributed by atoms with E-state index in [2.05, 4.69) is 109 Å².